The number of nitrogens with two attached hydrogens (primary N) is 1. The van der Waals surface area contributed by atoms with Crippen molar-refractivity contribution >= 4 is 28.7 Å². The van der Waals surface area contributed by atoms with Crippen molar-refractivity contribution in [3.05, 3.63) is 54.3 Å². The molecule has 0 aliphatic carbocycles. The van der Waals surface area contributed by atoms with E-state index in [2.05, 4.69) is 45.1 Å². The Morgan fingerprint density at radius 1 is 1.11 bits per heavy atom. The Morgan fingerprint density at radius 3 is 2.71 bits per heavy atom. The number of anilines is 1. The first-order valence-corrected chi connectivity index (χ1v) is 9.92. The summed E-state index contributed by atoms with van der Waals surface area (Å²) in [4.78, 5) is 13.6. The summed E-state index contributed by atoms with van der Waals surface area (Å²) in [6.45, 7) is 0.321. The van der Waals surface area contributed by atoms with Gasteiger partial charge in [-0.15, -0.1) is 6.42 Å². The number of aromatic nitrogens is 4. The van der Waals surface area contributed by atoms with Gasteiger partial charge in [0.25, 0.3) is 0 Å². The van der Waals surface area contributed by atoms with Crippen LogP contribution in [-0.4, -0.2) is 25.3 Å². The molecule has 6 nitrogen and oxygen atoms in total. The molecule has 7 heteroatoms. The summed E-state index contributed by atoms with van der Waals surface area (Å²) in [6.07, 6.45) is 9.19. The maximum Gasteiger partial charge on any atom is 0.191 e. The molecule has 1 aromatic carbocycles. The zero-order valence-corrected chi connectivity index (χ0v) is 16.0. The fourth-order valence-corrected chi connectivity index (χ4v) is 3.77. The second-order valence-electron chi connectivity index (χ2n) is 6.20. The van der Waals surface area contributed by atoms with Crippen molar-refractivity contribution in [2.45, 2.75) is 24.5 Å². The van der Waals surface area contributed by atoms with Gasteiger partial charge in [-0.2, -0.15) is 0 Å². The summed E-state index contributed by atoms with van der Waals surface area (Å²) in [7, 11) is 0. The summed E-state index contributed by atoms with van der Waals surface area (Å²) in [5.41, 5.74) is 8.65. The minimum absolute atomic E-state index is 0.321. The minimum atomic E-state index is 0.321. The van der Waals surface area contributed by atoms with Crippen molar-refractivity contribution in [1.29, 1.82) is 0 Å². The molecule has 0 amide bonds. The largest absolute Gasteiger partial charge is 0.461 e. The van der Waals surface area contributed by atoms with Gasteiger partial charge in [0, 0.05) is 5.75 Å². The molecule has 0 aliphatic rings. The van der Waals surface area contributed by atoms with Crippen molar-refractivity contribution in [1.82, 2.24) is 19.5 Å². The van der Waals surface area contributed by atoms with Gasteiger partial charge < -0.3 is 10.2 Å². The van der Waals surface area contributed by atoms with Gasteiger partial charge in [0.15, 0.2) is 33.7 Å². The van der Waals surface area contributed by atoms with Crippen molar-refractivity contribution in [2.24, 2.45) is 0 Å². The lowest BCUT2D eigenvalue weighted by atomic mass is 10.1. The van der Waals surface area contributed by atoms with Crippen LogP contribution in [-0.2, 0) is 13.0 Å². The fourth-order valence-electron chi connectivity index (χ4n) is 2.99. The van der Waals surface area contributed by atoms with Crippen molar-refractivity contribution in [2.75, 3.05) is 11.5 Å². The minimum Gasteiger partial charge on any atom is -0.461 e. The van der Waals surface area contributed by atoms with E-state index in [-0.39, 0.29) is 0 Å². The first-order chi connectivity index (χ1) is 13.8. The number of hydrogen-bond acceptors (Lipinski definition) is 6. The average molecular weight is 389 g/mol. The predicted octanol–water partition coefficient (Wildman–Crippen LogP) is 4.03. The summed E-state index contributed by atoms with van der Waals surface area (Å²) < 4.78 is 7.32. The molecule has 0 saturated heterocycles. The zero-order valence-electron chi connectivity index (χ0n) is 15.2. The SMILES string of the molecule is C#CCn1c(-c2ccco2)nc2c(N)nc(SCCCc3ccccc3)nc21. The Balaban J connectivity index is 1.57. The molecule has 0 aliphatic heterocycles. The first-order valence-electron chi connectivity index (χ1n) is 8.94. The maximum absolute atomic E-state index is 6.16. The van der Waals surface area contributed by atoms with Crippen LogP contribution in [0.25, 0.3) is 22.7 Å². The van der Waals surface area contributed by atoms with E-state index in [0.717, 1.165) is 18.6 Å². The number of thioether (sulfide) groups is 1. The molecule has 0 bridgehead atoms. The summed E-state index contributed by atoms with van der Waals surface area (Å²) in [5.74, 6) is 5.11. The van der Waals surface area contributed by atoms with E-state index >= 15 is 0 Å². The van der Waals surface area contributed by atoms with Gasteiger partial charge in [-0.1, -0.05) is 48.0 Å². The molecule has 28 heavy (non-hydrogen) atoms. The standard InChI is InChI=1S/C21H19N5OS/c1-2-12-26-19(16-11-6-13-27-16)23-17-18(22)24-21(25-20(17)26)28-14-7-10-15-8-4-3-5-9-15/h1,3-6,8-9,11,13H,7,10,12,14H2,(H2,22,24,25). The molecule has 3 aromatic heterocycles. The molecule has 3 heterocycles. The highest BCUT2D eigenvalue weighted by Crippen LogP contribution is 2.28. The van der Waals surface area contributed by atoms with E-state index in [9.17, 15) is 0 Å². The molecule has 0 unspecified atom stereocenters. The highest BCUT2D eigenvalue weighted by molar-refractivity contribution is 7.99. The number of nitrogen functional groups attached to an aromatic ring is 1. The molecule has 140 valence electrons. The monoisotopic (exact) mass is 389 g/mol. The number of fused-ring (bicyclic) bond motifs is 1. The molecule has 4 aromatic rings. The Labute approximate surface area is 167 Å². The quantitative estimate of drug-likeness (QED) is 0.222. The Morgan fingerprint density at radius 2 is 1.96 bits per heavy atom. The summed E-state index contributed by atoms with van der Waals surface area (Å²) >= 11 is 1.58. The normalized spacial score (nSPS) is 11.0. The number of terminal acetylenes is 1. The number of furan rings is 1. The first kappa shape index (κ1) is 18.1. The van der Waals surface area contributed by atoms with Crippen LogP contribution in [0.4, 0.5) is 5.82 Å². The second-order valence-corrected chi connectivity index (χ2v) is 7.27. The maximum atomic E-state index is 6.16. The fraction of sp³-hybridized carbons (Fsp3) is 0.190. The lowest BCUT2D eigenvalue weighted by molar-refractivity contribution is 0.573. The number of benzene rings is 1. The van der Waals surface area contributed by atoms with E-state index in [4.69, 9.17) is 16.6 Å². The third-order valence-electron chi connectivity index (χ3n) is 4.28. The zero-order chi connectivity index (χ0) is 19.3. The van der Waals surface area contributed by atoms with Gasteiger partial charge in [-0.25, -0.2) is 15.0 Å². The molecule has 4 rings (SSSR count). The molecular weight excluding hydrogens is 370 g/mol. The van der Waals surface area contributed by atoms with Crippen LogP contribution in [0.15, 0.2) is 58.3 Å². The van der Waals surface area contributed by atoms with Crippen LogP contribution in [0.1, 0.15) is 12.0 Å². The van der Waals surface area contributed by atoms with Crippen molar-refractivity contribution in [3.8, 4) is 23.9 Å². The molecule has 0 radical (unpaired) electrons. The molecule has 2 N–H and O–H groups in total. The molecule has 0 spiro atoms. The van der Waals surface area contributed by atoms with Crippen LogP contribution in [0, 0.1) is 12.3 Å². The Hall–Kier alpha value is -3.24. The topological polar surface area (TPSA) is 82.8 Å². The number of rotatable bonds is 7. The van der Waals surface area contributed by atoms with Gasteiger partial charge >= 0.3 is 0 Å². The summed E-state index contributed by atoms with van der Waals surface area (Å²) in [6, 6.07) is 14.1. The Bertz CT molecular complexity index is 1110. The van der Waals surface area contributed by atoms with Gasteiger partial charge in [0.1, 0.15) is 0 Å². The average Bonchev–Trinajstić information content (AvgIpc) is 3.35. The van der Waals surface area contributed by atoms with E-state index in [0.29, 0.717) is 40.3 Å². The molecule has 0 fully saturated rings. The van der Waals surface area contributed by atoms with Gasteiger partial charge in [0.05, 0.1) is 12.8 Å². The predicted molar refractivity (Wildman–Crippen MR) is 112 cm³/mol. The number of aryl methyl sites for hydroxylation is 1. The molecule has 0 atom stereocenters. The highest BCUT2D eigenvalue weighted by Gasteiger charge is 2.19. The third-order valence-corrected chi connectivity index (χ3v) is 5.21. The molecule has 0 saturated carbocycles. The van der Waals surface area contributed by atoms with Crippen LogP contribution < -0.4 is 5.73 Å². The van der Waals surface area contributed by atoms with Crippen LogP contribution >= 0.6 is 11.8 Å². The third kappa shape index (κ3) is 3.73. The van der Waals surface area contributed by atoms with Crippen molar-refractivity contribution < 1.29 is 4.42 Å². The van der Waals surface area contributed by atoms with E-state index in [1.807, 2.05) is 16.7 Å². The van der Waals surface area contributed by atoms with E-state index in [1.165, 1.54) is 5.56 Å². The number of imidazole rings is 1. The second kappa shape index (κ2) is 8.19. The summed E-state index contributed by atoms with van der Waals surface area (Å²) in [5, 5.41) is 0.627. The van der Waals surface area contributed by atoms with E-state index < -0.39 is 0 Å². The lowest BCUT2D eigenvalue weighted by Gasteiger charge is -2.05. The van der Waals surface area contributed by atoms with Gasteiger partial charge in [-0.05, 0) is 30.5 Å². The van der Waals surface area contributed by atoms with Crippen LogP contribution in [0.5, 0.6) is 0 Å². The lowest BCUT2D eigenvalue weighted by Crippen LogP contribution is -2.02. The van der Waals surface area contributed by atoms with Crippen molar-refractivity contribution in [3.63, 3.8) is 0 Å². The van der Waals surface area contributed by atoms with Crippen LogP contribution in [0.3, 0.4) is 0 Å². The van der Waals surface area contributed by atoms with Crippen LogP contribution in [0.2, 0.25) is 0 Å². The number of nitrogens with zero attached hydrogens (tertiary/aromatic N) is 4. The van der Waals surface area contributed by atoms with Gasteiger partial charge in [-0.3, -0.25) is 4.57 Å². The molecular formula is C21H19N5OS. The van der Waals surface area contributed by atoms with E-state index in [1.54, 1.807) is 24.1 Å². The smallest absolute Gasteiger partial charge is 0.191 e. The Kier molecular flexibility index (Phi) is 5.31. The number of hydrogen-bond donors (Lipinski definition) is 1. The highest BCUT2D eigenvalue weighted by atomic mass is 32.2. The van der Waals surface area contributed by atoms with Gasteiger partial charge in [0.2, 0.25) is 0 Å².